The normalized spacial score (nSPS) is 25.9. The number of para-hydroxylation sites is 1. The first-order valence-electron chi connectivity index (χ1n) is 9.29. The molecule has 130 valence electrons. The number of hydrogen-bond donors (Lipinski definition) is 2. The van der Waals surface area contributed by atoms with Gasteiger partial charge in [0.05, 0.1) is 12.3 Å². The molecule has 0 amide bonds. The summed E-state index contributed by atoms with van der Waals surface area (Å²) >= 11 is 0. The highest BCUT2D eigenvalue weighted by atomic mass is 16.5. The van der Waals surface area contributed by atoms with Crippen LogP contribution < -0.4 is 0 Å². The molecule has 4 nitrogen and oxygen atoms in total. The van der Waals surface area contributed by atoms with E-state index in [1.165, 1.54) is 48.1 Å². The van der Waals surface area contributed by atoms with Gasteiger partial charge in [0.15, 0.2) is 0 Å². The Labute approximate surface area is 143 Å². The first-order chi connectivity index (χ1) is 11.7. The van der Waals surface area contributed by atoms with E-state index in [4.69, 9.17) is 4.74 Å². The van der Waals surface area contributed by atoms with Gasteiger partial charge in [-0.1, -0.05) is 18.2 Å². The summed E-state index contributed by atoms with van der Waals surface area (Å²) in [7, 11) is 0. The van der Waals surface area contributed by atoms with E-state index in [0.717, 1.165) is 26.0 Å². The highest BCUT2D eigenvalue weighted by molar-refractivity contribution is 5.85. The quantitative estimate of drug-likeness (QED) is 0.887. The fourth-order valence-corrected chi connectivity index (χ4v) is 4.62. The Hall–Kier alpha value is -1.36. The minimum atomic E-state index is -0.349. The number of nitrogens with one attached hydrogen (secondary N) is 1. The second-order valence-electron chi connectivity index (χ2n) is 7.45. The number of aliphatic hydroxyl groups excluding tert-OH is 1. The topological polar surface area (TPSA) is 48.5 Å². The van der Waals surface area contributed by atoms with Gasteiger partial charge in [-0.15, -0.1) is 0 Å². The number of aromatic amines is 1. The molecule has 0 saturated carbocycles. The lowest BCUT2D eigenvalue weighted by Crippen LogP contribution is -2.45. The van der Waals surface area contributed by atoms with Crippen LogP contribution in [0.25, 0.3) is 10.9 Å². The van der Waals surface area contributed by atoms with E-state index in [2.05, 4.69) is 41.1 Å². The smallest absolute Gasteiger partial charge is 0.109 e. The molecule has 0 bridgehead atoms. The van der Waals surface area contributed by atoms with Crippen molar-refractivity contribution in [1.29, 1.82) is 0 Å². The van der Waals surface area contributed by atoms with Gasteiger partial charge in [0.2, 0.25) is 0 Å². The van der Waals surface area contributed by atoms with E-state index in [-0.39, 0.29) is 12.2 Å². The van der Waals surface area contributed by atoms with Crippen molar-refractivity contribution in [1.82, 2.24) is 9.88 Å². The number of nitrogens with zero attached hydrogens (tertiary/aromatic N) is 1. The van der Waals surface area contributed by atoms with Crippen molar-refractivity contribution < 1.29 is 9.84 Å². The molecule has 1 fully saturated rings. The number of fused-ring (bicyclic) bond motifs is 3. The fourth-order valence-electron chi connectivity index (χ4n) is 4.62. The van der Waals surface area contributed by atoms with E-state index in [0.29, 0.717) is 5.92 Å². The van der Waals surface area contributed by atoms with Gasteiger partial charge in [-0.3, -0.25) is 0 Å². The maximum atomic E-state index is 9.66. The van der Waals surface area contributed by atoms with Gasteiger partial charge < -0.3 is 19.7 Å². The summed E-state index contributed by atoms with van der Waals surface area (Å²) in [6, 6.07) is 8.55. The van der Waals surface area contributed by atoms with Crippen LogP contribution in [0.15, 0.2) is 24.3 Å². The molecular formula is C20H28N2O2. The molecule has 24 heavy (non-hydrogen) atoms. The lowest BCUT2D eigenvalue weighted by Gasteiger charge is -2.42. The largest absolute Gasteiger partial charge is 0.396 e. The number of hydrogen-bond acceptors (Lipinski definition) is 3. The number of ether oxygens (including phenoxy) is 1. The molecule has 1 aromatic carbocycles. The van der Waals surface area contributed by atoms with Gasteiger partial charge in [-0.05, 0) is 57.3 Å². The van der Waals surface area contributed by atoms with Gasteiger partial charge in [-0.25, -0.2) is 0 Å². The Bertz CT molecular complexity index is 705. The Balaban J connectivity index is 1.72. The van der Waals surface area contributed by atoms with Gasteiger partial charge >= 0.3 is 0 Å². The number of aromatic nitrogens is 1. The van der Waals surface area contributed by atoms with Crippen LogP contribution in [0.3, 0.4) is 0 Å². The highest BCUT2D eigenvalue weighted by Gasteiger charge is 2.43. The van der Waals surface area contributed by atoms with Crippen molar-refractivity contribution in [2.24, 2.45) is 5.92 Å². The molecule has 2 N–H and O–H groups in total. The predicted molar refractivity (Wildman–Crippen MR) is 96.2 cm³/mol. The van der Waals surface area contributed by atoms with Crippen molar-refractivity contribution >= 4 is 10.9 Å². The minimum absolute atomic E-state index is 0.215. The lowest BCUT2D eigenvalue weighted by molar-refractivity contribution is -0.102. The molecule has 3 heterocycles. The maximum Gasteiger partial charge on any atom is 0.109 e. The predicted octanol–water partition coefficient (Wildman–Crippen LogP) is 3.05. The van der Waals surface area contributed by atoms with Crippen LogP contribution in [0.2, 0.25) is 0 Å². The molecule has 2 aliphatic rings. The number of H-pyrrole nitrogens is 1. The second-order valence-corrected chi connectivity index (χ2v) is 7.45. The number of aliphatic hydroxyl groups is 1. The molecule has 2 atom stereocenters. The Morgan fingerprint density at radius 2 is 2.08 bits per heavy atom. The van der Waals surface area contributed by atoms with E-state index in [1.807, 2.05) is 0 Å². The first kappa shape index (κ1) is 16.1. The Morgan fingerprint density at radius 3 is 2.88 bits per heavy atom. The van der Waals surface area contributed by atoms with Crippen LogP contribution in [-0.2, 0) is 16.8 Å². The van der Waals surface area contributed by atoms with Crippen molar-refractivity contribution in [3.63, 3.8) is 0 Å². The first-order valence-corrected chi connectivity index (χ1v) is 9.29. The zero-order valence-corrected chi connectivity index (χ0v) is 14.6. The summed E-state index contributed by atoms with van der Waals surface area (Å²) < 4.78 is 6.38. The molecule has 1 aromatic heterocycles. The summed E-state index contributed by atoms with van der Waals surface area (Å²) in [4.78, 5) is 6.18. The van der Waals surface area contributed by atoms with Crippen LogP contribution in [0.1, 0.15) is 37.4 Å². The summed E-state index contributed by atoms with van der Waals surface area (Å²) in [6.07, 6.45) is 4.33. The average Bonchev–Trinajstić information content (AvgIpc) is 3.23. The van der Waals surface area contributed by atoms with Crippen LogP contribution in [0.4, 0.5) is 0 Å². The van der Waals surface area contributed by atoms with E-state index >= 15 is 0 Å². The third kappa shape index (κ3) is 2.67. The molecule has 1 saturated heterocycles. The number of benzene rings is 1. The third-order valence-corrected chi connectivity index (χ3v) is 6.00. The van der Waals surface area contributed by atoms with Gasteiger partial charge in [0.25, 0.3) is 0 Å². The number of likely N-dealkylation sites (tertiary alicyclic amines) is 1. The highest BCUT2D eigenvalue weighted by Crippen LogP contribution is 2.43. The average molecular weight is 328 g/mol. The summed E-state index contributed by atoms with van der Waals surface area (Å²) in [5.74, 6) is 0.299. The molecule has 2 aliphatic heterocycles. The summed E-state index contributed by atoms with van der Waals surface area (Å²) in [6.45, 7) is 6.55. The minimum Gasteiger partial charge on any atom is -0.396 e. The van der Waals surface area contributed by atoms with Crippen molar-refractivity contribution in [3.8, 4) is 0 Å². The second kappa shape index (κ2) is 6.51. The third-order valence-electron chi connectivity index (χ3n) is 6.00. The lowest BCUT2D eigenvalue weighted by atomic mass is 9.79. The summed E-state index contributed by atoms with van der Waals surface area (Å²) in [5.41, 5.74) is 3.48. The molecule has 0 aliphatic carbocycles. The van der Waals surface area contributed by atoms with Crippen molar-refractivity contribution in [2.45, 2.75) is 38.2 Å². The maximum absolute atomic E-state index is 9.66. The van der Waals surface area contributed by atoms with Crippen LogP contribution in [0, 0.1) is 5.92 Å². The molecule has 2 aromatic rings. The Morgan fingerprint density at radius 1 is 1.29 bits per heavy atom. The summed E-state index contributed by atoms with van der Waals surface area (Å²) in [5, 5.41) is 11.0. The Kier molecular flexibility index (Phi) is 4.37. The van der Waals surface area contributed by atoms with E-state index in [9.17, 15) is 5.11 Å². The molecule has 2 unspecified atom stereocenters. The van der Waals surface area contributed by atoms with Crippen LogP contribution >= 0.6 is 0 Å². The van der Waals surface area contributed by atoms with E-state index < -0.39 is 0 Å². The van der Waals surface area contributed by atoms with Gasteiger partial charge in [-0.2, -0.15) is 0 Å². The molecule has 0 radical (unpaired) electrons. The van der Waals surface area contributed by atoms with Gasteiger partial charge in [0, 0.05) is 30.0 Å². The van der Waals surface area contributed by atoms with Crippen LogP contribution in [-0.4, -0.2) is 47.8 Å². The van der Waals surface area contributed by atoms with Crippen molar-refractivity contribution in [3.05, 3.63) is 35.5 Å². The molecule has 4 heteroatoms. The molecule has 4 rings (SSSR count). The van der Waals surface area contributed by atoms with Crippen molar-refractivity contribution in [2.75, 3.05) is 32.8 Å². The zero-order valence-electron chi connectivity index (χ0n) is 14.6. The number of rotatable bonds is 5. The molecule has 0 spiro atoms. The zero-order chi connectivity index (χ0) is 16.6. The van der Waals surface area contributed by atoms with E-state index in [1.54, 1.807) is 0 Å². The monoisotopic (exact) mass is 328 g/mol. The van der Waals surface area contributed by atoms with Gasteiger partial charge in [0.1, 0.15) is 5.60 Å². The van der Waals surface area contributed by atoms with Crippen LogP contribution in [0.5, 0.6) is 0 Å². The molecular weight excluding hydrogens is 300 g/mol. The fraction of sp³-hybridized carbons (Fsp3) is 0.600. The standard InChI is InChI=1S/C20H28N2O2/c1-20(15(8-12-23)14-22-10-4-5-11-22)19-17(9-13-24-20)16-6-2-3-7-18(16)21-19/h2-3,6-7,15,21,23H,4-5,8-14H2,1H3. The SMILES string of the molecule is CC1(C(CCO)CN2CCCC2)OCCc2c1[nH]c1ccccc21.